The van der Waals surface area contributed by atoms with Gasteiger partial charge in [0, 0.05) is 24.1 Å². The van der Waals surface area contributed by atoms with Gasteiger partial charge < -0.3 is 20.3 Å². The number of hydrogen-bond donors (Lipinski definition) is 3. The van der Waals surface area contributed by atoms with Crippen molar-refractivity contribution in [1.29, 1.82) is 0 Å². The number of carbonyl (C=O) groups excluding carboxylic acids is 1. The van der Waals surface area contributed by atoms with Gasteiger partial charge in [0.15, 0.2) is 0 Å². The molecule has 0 heterocycles. The van der Waals surface area contributed by atoms with Crippen LogP contribution in [0, 0.1) is 5.92 Å². The van der Waals surface area contributed by atoms with Crippen molar-refractivity contribution in [3.8, 4) is 17.2 Å². The van der Waals surface area contributed by atoms with Gasteiger partial charge in [0.05, 0.1) is 12.7 Å². The number of rotatable bonds is 7. The second kappa shape index (κ2) is 9.73. The van der Waals surface area contributed by atoms with Gasteiger partial charge in [-0.3, -0.25) is 4.79 Å². The number of carbonyl (C=O) groups is 1. The molecule has 2 atom stereocenters. The van der Waals surface area contributed by atoms with E-state index in [9.17, 15) is 15.0 Å². The molecule has 1 aliphatic carbocycles. The van der Waals surface area contributed by atoms with Crippen LogP contribution in [0.3, 0.4) is 0 Å². The van der Waals surface area contributed by atoms with E-state index in [0.29, 0.717) is 18.5 Å². The first-order valence-corrected chi connectivity index (χ1v) is 10.6. The van der Waals surface area contributed by atoms with Crippen LogP contribution in [0.4, 0.5) is 0 Å². The van der Waals surface area contributed by atoms with Gasteiger partial charge in [0.1, 0.15) is 17.2 Å². The molecular weight excluding hydrogens is 390 g/mol. The van der Waals surface area contributed by atoms with E-state index in [4.69, 9.17) is 4.74 Å². The number of phenols is 2. The van der Waals surface area contributed by atoms with E-state index in [1.165, 1.54) is 11.6 Å². The molecule has 0 radical (unpaired) electrons. The standard InChI is InChI=1S/C26H31NO4/c1-16(2)20-10-5-17(3)13-21(20)22-14-23(25(29)15-24(22)28)26(30)27-12-11-18-6-8-19(31-4)9-7-18/h6-9,13-15,20-21,28-29H,1,5,10-12H2,2-4H3,(H,27,30)/t20-,21+/m0/s1. The lowest BCUT2D eigenvalue weighted by molar-refractivity contribution is 0.0951. The molecule has 2 aromatic carbocycles. The maximum absolute atomic E-state index is 12.8. The van der Waals surface area contributed by atoms with E-state index >= 15 is 0 Å². The van der Waals surface area contributed by atoms with Crippen LogP contribution in [0.1, 0.15) is 54.1 Å². The summed E-state index contributed by atoms with van der Waals surface area (Å²) in [6.07, 6.45) is 4.74. The van der Waals surface area contributed by atoms with Crippen molar-refractivity contribution >= 4 is 5.91 Å². The molecule has 0 fully saturated rings. The summed E-state index contributed by atoms with van der Waals surface area (Å²) in [5.41, 5.74) is 4.18. The van der Waals surface area contributed by atoms with E-state index in [1.807, 2.05) is 31.2 Å². The van der Waals surface area contributed by atoms with Crippen molar-refractivity contribution < 1.29 is 19.7 Å². The second-order valence-electron chi connectivity index (χ2n) is 8.31. The molecule has 3 rings (SSSR count). The average molecular weight is 422 g/mol. The van der Waals surface area contributed by atoms with Crippen LogP contribution in [0.5, 0.6) is 17.2 Å². The smallest absolute Gasteiger partial charge is 0.255 e. The molecule has 2 aromatic rings. The molecule has 0 saturated carbocycles. The number of benzene rings is 2. The van der Waals surface area contributed by atoms with Gasteiger partial charge >= 0.3 is 0 Å². The number of nitrogens with one attached hydrogen (secondary N) is 1. The van der Waals surface area contributed by atoms with Gasteiger partial charge in [-0.1, -0.05) is 35.9 Å². The lowest BCUT2D eigenvalue weighted by Crippen LogP contribution is -2.26. The molecule has 0 spiro atoms. The monoisotopic (exact) mass is 421 g/mol. The second-order valence-corrected chi connectivity index (χ2v) is 8.31. The van der Waals surface area contributed by atoms with Crippen LogP contribution in [0.2, 0.25) is 0 Å². The van der Waals surface area contributed by atoms with Gasteiger partial charge in [0.25, 0.3) is 5.91 Å². The highest BCUT2D eigenvalue weighted by Gasteiger charge is 2.29. The summed E-state index contributed by atoms with van der Waals surface area (Å²) in [7, 11) is 1.62. The molecule has 0 bridgehead atoms. The Morgan fingerprint density at radius 1 is 1.19 bits per heavy atom. The molecular formula is C26H31NO4. The molecule has 3 N–H and O–H groups in total. The van der Waals surface area contributed by atoms with Gasteiger partial charge in [-0.05, 0) is 62.8 Å². The molecule has 1 amide bonds. The predicted octanol–water partition coefficient (Wildman–Crippen LogP) is 5.09. The first-order valence-electron chi connectivity index (χ1n) is 10.6. The largest absolute Gasteiger partial charge is 0.508 e. The van der Waals surface area contributed by atoms with Gasteiger partial charge in [0.2, 0.25) is 0 Å². The first-order chi connectivity index (χ1) is 14.8. The van der Waals surface area contributed by atoms with Gasteiger partial charge in [-0.15, -0.1) is 0 Å². The van der Waals surface area contributed by atoms with Crippen molar-refractivity contribution in [1.82, 2.24) is 5.32 Å². The average Bonchev–Trinajstić information content (AvgIpc) is 2.74. The SMILES string of the molecule is C=C(C)[C@@H]1CCC(C)=C[C@H]1c1cc(C(=O)NCCc2ccc(OC)cc2)c(O)cc1O. The summed E-state index contributed by atoms with van der Waals surface area (Å²) in [4.78, 5) is 12.8. The maximum atomic E-state index is 12.8. The van der Waals surface area contributed by atoms with E-state index in [0.717, 1.165) is 29.7 Å². The topological polar surface area (TPSA) is 78.8 Å². The Morgan fingerprint density at radius 3 is 2.55 bits per heavy atom. The van der Waals surface area contributed by atoms with E-state index < -0.39 is 0 Å². The number of methoxy groups -OCH3 is 1. The van der Waals surface area contributed by atoms with Crippen LogP contribution in [0.25, 0.3) is 0 Å². The Labute approximate surface area is 184 Å². The van der Waals surface area contributed by atoms with Crippen molar-refractivity contribution in [2.75, 3.05) is 13.7 Å². The van der Waals surface area contributed by atoms with Crippen LogP contribution in [-0.2, 0) is 6.42 Å². The fraction of sp³-hybridized carbons (Fsp3) is 0.346. The summed E-state index contributed by atoms with van der Waals surface area (Å²) in [5.74, 6) is 0.300. The fourth-order valence-corrected chi connectivity index (χ4v) is 4.18. The number of amides is 1. The molecule has 0 saturated heterocycles. The van der Waals surface area contributed by atoms with Crippen LogP contribution < -0.4 is 10.1 Å². The van der Waals surface area contributed by atoms with Crippen LogP contribution >= 0.6 is 0 Å². The highest BCUT2D eigenvalue weighted by Crippen LogP contribution is 2.44. The lowest BCUT2D eigenvalue weighted by atomic mass is 9.74. The van der Waals surface area contributed by atoms with E-state index in [2.05, 4.69) is 24.9 Å². The fourth-order valence-electron chi connectivity index (χ4n) is 4.18. The van der Waals surface area contributed by atoms with E-state index in [-0.39, 0.29) is 34.8 Å². The zero-order valence-electron chi connectivity index (χ0n) is 18.4. The quantitative estimate of drug-likeness (QED) is 0.544. The number of aromatic hydroxyl groups is 2. The first kappa shape index (κ1) is 22.5. The number of ether oxygens (including phenoxy) is 1. The Balaban J connectivity index is 1.77. The van der Waals surface area contributed by atoms with Crippen molar-refractivity contribution in [3.63, 3.8) is 0 Å². The highest BCUT2D eigenvalue weighted by atomic mass is 16.5. The van der Waals surface area contributed by atoms with Crippen molar-refractivity contribution in [2.24, 2.45) is 5.92 Å². The predicted molar refractivity (Wildman–Crippen MR) is 123 cm³/mol. The molecule has 164 valence electrons. The highest BCUT2D eigenvalue weighted by molar-refractivity contribution is 5.97. The minimum atomic E-state index is -0.365. The van der Waals surface area contributed by atoms with Crippen molar-refractivity contribution in [2.45, 2.75) is 39.0 Å². The molecule has 0 aromatic heterocycles. The maximum Gasteiger partial charge on any atom is 0.255 e. The molecule has 31 heavy (non-hydrogen) atoms. The Kier molecular flexibility index (Phi) is 7.06. The Morgan fingerprint density at radius 2 is 1.90 bits per heavy atom. The molecule has 0 aliphatic heterocycles. The lowest BCUT2D eigenvalue weighted by Gasteiger charge is -2.31. The number of phenolic OH excluding ortho intramolecular Hbond substituents is 2. The summed E-state index contributed by atoms with van der Waals surface area (Å²) in [6.45, 7) is 8.62. The molecule has 5 nitrogen and oxygen atoms in total. The van der Waals surface area contributed by atoms with Gasteiger partial charge in [-0.25, -0.2) is 0 Å². The number of allylic oxidation sites excluding steroid dienone is 3. The third-order valence-electron chi connectivity index (χ3n) is 5.99. The van der Waals surface area contributed by atoms with Crippen molar-refractivity contribution in [3.05, 3.63) is 76.9 Å². The number of hydrogen-bond acceptors (Lipinski definition) is 4. The van der Waals surface area contributed by atoms with E-state index in [1.54, 1.807) is 13.2 Å². The summed E-state index contributed by atoms with van der Waals surface area (Å²) in [6, 6.07) is 10.6. The normalized spacial score (nSPS) is 18.2. The van der Waals surface area contributed by atoms with Gasteiger partial charge in [-0.2, -0.15) is 0 Å². The molecule has 0 unspecified atom stereocenters. The summed E-state index contributed by atoms with van der Waals surface area (Å²) in [5, 5.41) is 23.7. The third kappa shape index (κ3) is 5.29. The minimum Gasteiger partial charge on any atom is -0.508 e. The summed E-state index contributed by atoms with van der Waals surface area (Å²) < 4.78 is 5.16. The minimum absolute atomic E-state index is 0.00511. The zero-order valence-corrected chi connectivity index (χ0v) is 18.4. The zero-order chi connectivity index (χ0) is 22.5. The summed E-state index contributed by atoms with van der Waals surface area (Å²) >= 11 is 0. The van der Waals surface area contributed by atoms with Crippen LogP contribution in [-0.4, -0.2) is 29.8 Å². The molecule has 5 heteroatoms. The Hall–Kier alpha value is -3.21. The van der Waals surface area contributed by atoms with Crippen LogP contribution in [0.15, 0.2) is 60.2 Å². The third-order valence-corrected chi connectivity index (χ3v) is 5.99. The molecule has 1 aliphatic rings. The Bertz CT molecular complexity index is 991.